The van der Waals surface area contributed by atoms with E-state index in [4.69, 9.17) is 0 Å². The lowest BCUT2D eigenvalue weighted by atomic mass is 10.2. The van der Waals surface area contributed by atoms with E-state index in [9.17, 15) is 17.3 Å². The molecular formula is C12H16BF4N2-. The Morgan fingerprint density at radius 3 is 2.21 bits per heavy atom. The fourth-order valence-electron chi connectivity index (χ4n) is 1.74. The molecule has 7 heteroatoms. The minimum atomic E-state index is -6.00. The number of benzene rings is 1. The van der Waals surface area contributed by atoms with Crippen LogP contribution in [0, 0.1) is 0 Å². The number of nitrogens with zero attached hydrogens (tertiary/aromatic N) is 2. The van der Waals surface area contributed by atoms with Gasteiger partial charge in [0.1, 0.15) is 0 Å². The van der Waals surface area contributed by atoms with Crippen molar-refractivity contribution in [1.29, 1.82) is 0 Å². The predicted molar refractivity (Wildman–Crippen MR) is 68.6 cm³/mol. The SMILES string of the molecule is CCN1C=CCN1Cc1ccccc1.F[B-](F)(F)F. The first-order valence-corrected chi connectivity index (χ1v) is 5.99. The van der Waals surface area contributed by atoms with Gasteiger partial charge < -0.3 is 22.3 Å². The second-order valence-electron chi connectivity index (χ2n) is 3.97. The summed E-state index contributed by atoms with van der Waals surface area (Å²) >= 11 is 0. The Morgan fingerprint density at radius 2 is 1.68 bits per heavy atom. The molecule has 0 N–H and O–H groups in total. The van der Waals surface area contributed by atoms with Crippen molar-refractivity contribution in [2.45, 2.75) is 13.5 Å². The van der Waals surface area contributed by atoms with E-state index >= 15 is 0 Å². The van der Waals surface area contributed by atoms with Crippen molar-refractivity contribution in [2.75, 3.05) is 13.1 Å². The molecule has 2 rings (SSSR count). The van der Waals surface area contributed by atoms with E-state index in [1.807, 2.05) is 0 Å². The highest BCUT2D eigenvalue weighted by Gasteiger charge is 2.20. The first-order valence-electron chi connectivity index (χ1n) is 5.99. The largest absolute Gasteiger partial charge is 0.673 e. The van der Waals surface area contributed by atoms with Crippen LogP contribution in [-0.2, 0) is 6.54 Å². The average Bonchev–Trinajstić information content (AvgIpc) is 2.75. The van der Waals surface area contributed by atoms with Gasteiger partial charge in [-0.3, -0.25) is 0 Å². The maximum atomic E-state index is 9.75. The van der Waals surface area contributed by atoms with Gasteiger partial charge in [0, 0.05) is 25.8 Å². The van der Waals surface area contributed by atoms with Crippen LogP contribution in [0.3, 0.4) is 0 Å². The third-order valence-electron chi connectivity index (χ3n) is 2.49. The Morgan fingerprint density at radius 1 is 1.11 bits per heavy atom. The smallest absolute Gasteiger partial charge is 0.418 e. The van der Waals surface area contributed by atoms with E-state index in [0.29, 0.717) is 0 Å². The lowest BCUT2D eigenvalue weighted by Gasteiger charge is -2.27. The van der Waals surface area contributed by atoms with Crippen LogP contribution in [0.4, 0.5) is 17.3 Å². The Bertz CT molecular complexity index is 388. The fourth-order valence-corrected chi connectivity index (χ4v) is 1.74. The minimum Gasteiger partial charge on any atom is -0.418 e. The van der Waals surface area contributed by atoms with Gasteiger partial charge in [-0.15, -0.1) is 0 Å². The molecule has 1 aromatic carbocycles. The molecular weight excluding hydrogens is 259 g/mol. The highest BCUT2D eigenvalue weighted by atomic mass is 19.5. The van der Waals surface area contributed by atoms with Crippen LogP contribution in [0.2, 0.25) is 0 Å². The molecule has 106 valence electrons. The van der Waals surface area contributed by atoms with Crippen molar-refractivity contribution in [3.8, 4) is 0 Å². The molecule has 1 aromatic rings. The van der Waals surface area contributed by atoms with E-state index in [0.717, 1.165) is 19.6 Å². The Labute approximate surface area is 110 Å². The molecule has 2 nitrogen and oxygen atoms in total. The van der Waals surface area contributed by atoms with Crippen LogP contribution in [0.5, 0.6) is 0 Å². The van der Waals surface area contributed by atoms with Crippen LogP contribution in [0.25, 0.3) is 0 Å². The zero-order valence-corrected chi connectivity index (χ0v) is 10.6. The molecule has 0 spiro atoms. The molecule has 1 heterocycles. The van der Waals surface area contributed by atoms with Crippen molar-refractivity contribution in [1.82, 2.24) is 10.0 Å². The lowest BCUT2D eigenvalue weighted by molar-refractivity contribution is 0.0488. The highest BCUT2D eigenvalue weighted by Crippen LogP contribution is 2.12. The molecule has 0 aliphatic carbocycles. The molecule has 0 bridgehead atoms. The molecule has 0 fully saturated rings. The molecule has 19 heavy (non-hydrogen) atoms. The normalized spacial score (nSPS) is 15.3. The number of halogens is 4. The summed E-state index contributed by atoms with van der Waals surface area (Å²) in [7, 11) is -6.00. The number of hydrogen-bond acceptors (Lipinski definition) is 2. The van der Waals surface area contributed by atoms with Gasteiger partial charge >= 0.3 is 7.25 Å². The van der Waals surface area contributed by atoms with E-state index < -0.39 is 7.25 Å². The zero-order chi connectivity index (χ0) is 14.3. The summed E-state index contributed by atoms with van der Waals surface area (Å²) in [6, 6.07) is 10.6. The quantitative estimate of drug-likeness (QED) is 0.614. The van der Waals surface area contributed by atoms with Crippen LogP contribution in [-0.4, -0.2) is 30.4 Å². The third-order valence-corrected chi connectivity index (χ3v) is 2.49. The van der Waals surface area contributed by atoms with Crippen molar-refractivity contribution < 1.29 is 17.3 Å². The van der Waals surface area contributed by atoms with Crippen LogP contribution in [0.1, 0.15) is 12.5 Å². The minimum absolute atomic E-state index is 1.00. The molecule has 1 aliphatic rings. The van der Waals surface area contributed by atoms with Crippen LogP contribution < -0.4 is 0 Å². The van der Waals surface area contributed by atoms with Crippen LogP contribution >= 0.6 is 0 Å². The fraction of sp³-hybridized carbons (Fsp3) is 0.333. The monoisotopic (exact) mass is 275 g/mol. The van der Waals surface area contributed by atoms with Crippen molar-refractivity contribution in [3.63, 3.8) is 0 Å². The second kappa shape index (κ2) is 7.18. The summed E-state index contributed by atoms with van der Waals surface area (Å²) in [4.78, 5) is 0. The van der Waals surface area contributed by atoms with Gasteiger partial charge in [-0.25, -0.2) is 5.01 Å². The summed E-state index contributed by atoms with van der Waals surface area (Å²) in [5, 5.41) is 4.60. The van der Waals surface area contributed by atoms with E-state index in [-0.39, 0.29) is 0 Å². The maximum Gasteiger partial charge on any atom is 0.673 e. The summed E-state index contributed by atoms with van der Waals surface area (Å²) in [6.45, 7) is 5.25. The first kappa shape index (κ1) is 15.6. The number of hydrazine groups is 1. The molecule has 0 radical (unpaired) electrons. The van der Waals surface area contributed by atoms with E-state index in [1.165, 1.54) is 5.56 Å². The Balaban J connectivity index is 0.000000312. The first-order chi connectivity index (χ1) is 8.90. The molecule has 0 amide bonds. The van der Waals surface area contributed by atoms with Gasteiger partial charge in [0.05, 0.1) is 0 Å². The standard InChI is InChI=1S/C12H16N2.BF4/c1-2-13-9-6-10-14(13)11-12-7-4-3-5-8-12;2-1(3,4)5/h3-9H,2,10-11H2,1H3;/q;-1. The molecule has 0 atom stereocenters. The van der Waals surface area contributed by atoms with Gasteiger partial charge in [0.15, 0.2) is 0 Å². The van der Waals surface area contributed by atoms with Gasteiger partial charge in [-0.1, -0.05) is 36.4 Å². The number of rotatable bonds is 3. The summed E-state index contributed by atoms with van der Waals surface area (Å²) < 4.78 is 39.0. The lowest BCUT2D eigenvalue weighted by Crippen LogP contribution is -2.34. The molecule has 0 aromatic heterocycles. The maximum absolute atomic E-state index is 9.75. The van der Waals surface area contributed by atoms with Crippen LogP contribution in [0.15, 0.2) is 42.6 Å². The van der Waals surface area contributed by atoms with Crippen molar-refractivity contribution in [2.24, 2.45) is 0 Å². The summed E-state index contributed by atoms with van der Waals surface area (Å²) in [5.74, 6) is 0. The van der Waals surface area contributed by atoms with E-state index in [1.54, 1.807) is 0 Å². The summed E-state index contributed by atoms with van der Waals surface area (Å²) in [6.07, 6.45) is 4.36. The molecule has 0 saturated carbocycles. The number of hydrogen-bond donors (Lipinski definition) is 0. The highest BCUT2D eigenvalue weighted by molar-refractivity contribution is 6.50. The van der Waals surface area contributed by atoms with Gasteiger partial charge in [-0.05, 0) is 12.5 Å². The van der Waals surface area contributed by atoms with Gasteiger partial charge in [-0.2, -0.15) is 0 Å². The van der Waals surface area contributed by atoms with Gasteiger partial charge in [0.2, 0.25) is 0 Å². The molecule has 0 unspecified atom stereocenters. The predicted octanol–water partition coefficient (Wildman–Crippen LogP) is 3.55. The molecule has 1 aliphatic heterocycles. The Hall–Kier alpha value is -1.50. The molecule has 0 saturated heterocycles. The second-order valence-corrected chi connectivity index (χ2v) is 3.97. The van der Waals surface area contributed by atoms with Gasteiger partial charge in [0.25, 0.3) is 0 Å². The van der Waals surface area contributed by atoms with Crippen molar-refractivity contribution >= 4 is 7.25 Å². The topological polar surface area (TPSA) is 6.48 Å². The third kappa shape index (κ3) is 6.86. The van der Waals surface area contributed by atoms with E-state index in [2.05, 4.69) is 59.5 Å². The van der Waals surface area contributed by atoms with Crippen molar-refractivity contribution in [3.05, 3.63) is 48.2 Å². The Kier molecular flexibility index (Phi) is 5.88. The zero-order valence-electron chi connectivity index (χ0n) is 10.6. The summed E-state index contributed by atoms with van der Waals surface area (Å²) in [5.41, 5.74) is 1.37. The average molecular weight is 275 g/mol.